The number of rotatable bonds is 3. The molecule has 0 aromatic carbocycles. The summed E-state index contributed by atoms with van der Waals surface area (Å²) in [7, 11) is 1.74. The van der Waals surface area contributed by atoms with Crippen molar-refractivity contribution in [1.82, 2.24) is 10.2 Å². The lowest BCUT2D eigenvalue weighted by molar-refractivity contribution is -0.128. The molecule has 2 rings (SSSR count). The number of amides is 2. The van der Waals surface area contributed by atoms with Crippen molar-refractivity contribution in [3.63, 3.8) is 0 Å². The van der Waals surface area contributed by atoms with Gasteiger partial charge in [0, 0.05) is 26.6 Å². The van der Waals surface area contributed by atoms with E-state index in [9.17, 15) is 9.59 Å². The monoisotopic (exact) mass is 240 g/mol. The molecule has 2 saturated heterocycles. The Bertz CT molecular complexity index is 313. The number of carbonyl (C=O) groups is 2. The number of likely N-dealkylation sites (tertiary alicyclic amines) is 1. The second-order valence-electron chi connectivity index (χ2n) is 5.02. The van der Waals surface area contributed by atoms with Crippen LogP contribution in [0.2, 0.25) is 0 Å². The van der Waals surface area contributed by atoms with Crippen LogP contribution in [-0.2, 0) is 14.3 Å². The van der Waals surface area contributed by atoms with E-state index in [1.165, 1.54) is 0 Å². The second kappa shape index (κ2) is 5.04. The van der Waals surface area contributed by atoms with Crippen LogP contribution in [0.4, 0.5) is 0 Å². The lowest BCUT2D eigenvalue weighted by Crippen LogP contribution is -2.44. The van der Waals surface area contributed by atoms with Crippen molar-refractivity contribution in [3.05, 3.63) is 0 Å². The summed E-state index contributed by atoms with van der Waals surface area (Å²) in [5.74, 6) is -0.169. The Hall–Kier alpha value is -1.10. The van der Waals surface area contributed by atoms with E-state index in [0.29, 0.717) is 13.0 Å². The van der Waals surface area contributed by atoms with Gasteiger partial charge < -0.3 is 15.0 Å². The van der Waals surface area contributed by atoms with E-state index in [1.54, 1.807) is 11.9 Å². The van der Waals surface area contributed by atoms with Gasteiger partial charge in [0.1, 0.15) is 0 Å². The van der Waals surface area contributed by atoms with Crippen molar-refractivity contribution in [1.29, 1.82) is 0 Å². The number of hydrogen-bond acceptors (Lipinski definition) is 3. The molecule has 2 aliphatic rings. The summed E-state index contributed by atoms with van der Waals surface area (Å²) in [6.45, 7) is 3.28. The maximum atomic E-state index is 12.0. The normalized spacial score (nSPS) is 30.7. The minimum absolute atomic E-state index is 0.0225. The molecule has 0 aromatic heterocycles. The van der Waals surface area contributed by atoms with Crippen molar-refractivity contribution in [2.75, 3.05) is 20.2 Å². The van der Waals surface area contributed by atoms with Gasteiger partial charge >= 0.3 is 0 Å². The molecule has 2 heterocycles. The molecule has 2 amide bonds. The molecule has 0 aromatic rings. The molecule has 5 nitrogen and oxygen atoms in total. The summed E-state index contributed by atoms with van der Waals surface area (Å²) in [5, 5.41) is 2.96. The van der Waals surface area contributed by atoms with Crippen LogP contribution in [0.1, 0.15) is 26.2 Å². The Morgan fingerprint density at radius 1 is 1.59 bits per heavy atom. The predicted octanol–water partition coefficient (Wildman–Crippen LogP) is 0.148. The van der Waals surface area contributed by atoms with Gasteiger partial charge in [-0.3, -0.25) is 9.59 Å². The number of carbonyl (C=O) groups excluding carboxylic acids is 2. The largest absolute Gasteiger partial charge is 0.376 e. The van der Waals surface area contributed by atoms with E-state index in [4.69, 9.17) is 4.74 Å². The first-order valence-electron chi connectivity index (χ1n) is 6.24. The van der Waals surface area contributed by atoms with Crippen molar-refractivity contribution in [2.24, 2.45) is 5.92 Å². The van der Waals surface area contributed by atoms with E-state index in [1.807, 2.05) is 6.92 Å². The average molecular weight is 240 g/mol. The Kier molecular flexibility index (Phi) is 3.66. The van der Waals surface area contributed by atoms with Gasteiger partial charge in [0.2, 0.25) is 11.8 Å². The first-order valence-corrected chi connectivity index (χ1v) is 6.24. The first kappa shape index (κ1) is 12.4. The van der Waals surface area contributed by atoms with Crippen molar-refractivity contribution < 1.29 is 14.3 Å². The molecular weight excluding hydrogens is 220 g/mol. The van der Waals surface area contributed by atoms with Crippen LogP contribution < -0.4 is 5.32 Å². The van der Waals surface area contributed by atoms with Gasteiger partial charge in [-0.25, -0.2) is 0 Å². The standard InChI is InChI=1S/C12H20N2O3/c1-8(10-4-3-5-17-10)13-12(16)9-6-11(15)14(2)7-9/h8-10H,3-7H2,1-2H3,(H,13,16)/t8-,9+,10-/m0/s1. The van der Waals surface area contributed by atoms with Crippen molar-refractivity contribution >= 4 is 11.8 Å². The van der Waals surface area contributed by atoms with Gasteiger partial charge in [0.25, 0.3) is 0 Å². The van der Waals surface area contributed by atoms with Gasteiger partial charge in [-0.05, 0) is 19.8 Å². The van der Waals surface area contributed by atoms with E-state index < -0.39 is 0 Å². The molecule has 2 fully saturated rings. The third kappa shape index (κ3) is 2.77. The number of nitrogens with zero attached hydrogens (tertiary/aromatic N) is 1. The van der Waals surface area contributed by atoms with Gasteiger partial charge in [-0.2, -0.15) is 0 Å². The van der Waals surface area contributed by atoms with Crippen LogP contribution in [0.15, 0.2) is 0 Å². The maximum Gasteiger partial charge on any atom is 0.225 e. The smallest absolute Gasteiger partial charge is 0.225 e. The van der Waals surface area contributed by atoms with Gasteiger partial charge in [0.15, 0.2) is 0 Å². The number of nitrogens with one attached hydrogen (secondary N) is 1. The van der Waals surface area contributed by atoms with Crippen LogP contribution in [0.3, 0.4) is 0 Å². The molecule has 5 heteroatoms. The molecule has 2 aliphatic heterocycles. The summed E-state index contributed by atoms with van der Waals surface area (Å²) >= 11 is 0. The fourth-order valence-corrected chi connectivity index (χ4v) is 2.47. The zero-order valence-electron chi connectivity index (χ0n) is 10.4. The fraction of sp³-hybridized carbons (Fsp3) is 0.833. The van der Waals surface area contributed by atoms with Crippen molar-refractivity contribution in [2.45, 2.75) is 38.3 Å². The summed E-state index contributed by atoms with van der Waals surface area (Å²) < 4.78 is 5.53. The highest BCUT2D eigenvalue weighted by Gasteiger charge is 2.33. The molecule has 0 saturated carbocycles. The van der Waals surface area contributed by atoms with Crippen molar-refractivity contribution in [3.8, 4) is 0 Å². The fourth-order valence-electron chi connectivity index (χ4n) is 2.47. The lowest BCUT2D eigenvalue weighted by atomic mass is 10.1. The van der Waals surface area contributed by atoms with E-state index in [2.05, 4.69) is 5.32 Å². The minimum atomic E-state index is -0.198. The molecule has 1 N–H and O–H groups in total. The third-order valence-corrected chi connectivity index (χ3v) is 3.60. The van der Waals surface area contributed by atoms with Crippen LogP contribution in [0.25, 0.3) is 0 Å². The summed E-state index contributed by atoms with van der Waals surface area (Å²) in [4.78, 5) is 24.9. The minimum Gasteiger partial charge on any atom is -0.376 e. The first-order chi connectivity index (χ1) is 8.08. The average Bonchev–Trinajstić information content (AvgIpc) is 2.89. The Morgan fingerprint density at radius 2 is 2.35 bits per heavy atom. The number of hydrogen-bond donors (Lipinski definition) is 1. The van der Waals surface area contributed by atoms with Crippen LogP contribution >= 0.6 is 0 Å². The van der Waals surface area contributed by atoms with Gasteiger partial charge in [-0.15, -0.1) is 0 Å². The maximum absolute atomic E-state index is 12.0. The Labute approximate surface area is 101 Å². The zero-order chi connectivity index (χ0) is 12.4. The molecule has 0 spiro atoms. The van der Waals surface area contributed by atoms with E-state index >= 15 is 0 Å². The van der Waals surface area contributed by atoms with E-state index in [-0.39, 0.29) is 29.9 Å². The molecule has 0 radical (unpaired) electrons. The summed E-state index contributed by atoms with van der Waals surface area (Å²) in [6, 6.07) is 0.0333. The number of ether oxygens (including phenoxy) is 1. The summed E-state index contributed by atoms with van der Waals surface area (Å²) in [6.07, 6.45) is 2.54. The second-order valence-corrected chi connectivity index (χ2v) is 5.02. The van der Waals surface area contributed by atoms with E-state index in [0.717, 1.165) is 19.4 Å². The highest BCUT2D eigenvalue weighted by molar-refractivity contribution is 5.89. The highest BCUT2D eigenvalue weighted by atomic mass is 16.5. The Morgan fingerprint density at radius 3 is 2.88 bits per heavy atom. The zero-order valence-corrected chi connectivity index (χ0v) is 10.4. The summed E-state index contributed by atoms with van der Waals surface area (Å²) in [5.41, 5.74) is 0. The SMILES string of the molecule is C[C@H](NC(=O)[C@@H]1CC(=O)N(C)C1)[C@@H]1CCCO1. The molecular formula is C12H20N2O3. The van der Waals surface area contributed by atoms with Crippen LogP contribution in [-0.4, -0.2) is 49.1 Å². The van der Waals surface area contributed by atoms with Crippen LogP contribution in [0, 0.1) is 5.92 Å². The highest BCUT2D eigenvalue weighted by Crippen LogP contribution is 2.18. The molecule has 17 heavy (non-hydrogen) atoms. The molecule has 0 aliphatic carbocycles. The van der Waals surface area contributed by atoms with Crippen LogP contribution in [0.5, 0.6) is 0 Å². The molecule has 0 bridgehead atoms. The van der Waals surface area contributed by atoms with Gasteiger partial charge in [0.05, 0.1) is 18.1 Å². The molecule has 3 atom stereocenters. The molecule has 0 unspecified atom stereocenters. The third-order valence-electron chi connectivity index (χ3n) is 3.60. The molecule has 96 valence electrons. The lowest BCUT2D eigenvalue weighted by Gasteiger charge is -2.21. The quantitative estimate of drug-likeness (QED) is 0.764. The Balaban J connectivity index is 1.82. The predicted molar refractivity (Wildman–Crippen MR) is 62.3 cm³/mol. The topological polar surface area (TPSA) is 58.6 Å². The van der Waals surface area contributed by atoms with Gasteiger partial charge in [-0.1, -0.05) is 0 Å².